The molecule has 0 aliphatic heterocycles. The highest BCUT2D eigenvalue weighted by molar-refractivity contribution is 5.95. The number of nitrogens with two attached hydrogens (primary N) is 1. The van der Waals surface area contributed by atoms with Gasteiger partial charge in [-0.25, -0.2) is 0 Å². The summed E-state index contributed by atoms with van der Waals surface area (Å²) in [6.45, 7) is 0.742. The Labute approximate surface area is 108 Å². The average Bonchev–Trinajstić information content (AvgIpc) is 2.36. The van der Waals surface area contributed by atoms with E-state index >= 15 is 0 Å². The molecule has 1 amide bonds. The number of rotatable bonds is 5. The summed E-state index contributed by atoms with van der Waals surface area (Å²) < 4.78 is 4.77. The van der Waals surface area contributed by atoms with Crippen LogP contribution in [0.2, 0.25) is 0 Å². The van der Waals surface area contributed by atoms with Crippen LogP contribution >= 0.6 is 0 Å². The van der Waals surface area contributed by atoms with Crippen molar-refractivity contribution < 1.29 is 19.2 Å². The summed E-state index contributed by atoms with van der Waals surface area (Å²) in [5, 5.41) is 13.2. The van der Waals surface area contributed by atoms with Crippen LogP contribution in [0.4, 0.5) is 11.4 Å². The number of esters is 1. The molecule has 0 heterocycles. The molecule has 19 heavy (non-hydrogen) atoms. The first-order valence-corrected chi connectivity index (χ1v) is 5.35. The van der Waals surface area contributed by atoms with Crippen LogP contribution in [0.3, 0.4) is 0 Å². The van der Waals surface area contributed by atoms with Gasteiger partial charge in [0.25, 0.3) is 5.69 Å². The topological polar surface area (TPSA) is 125 Å². The molecule has 1 aromatic carbocycles. The minimum atomic E-state index is -0.636. The molecule has 0 aliphatic rings. The Kier molecular flexibility index (Phi) is 4.95. The van der Waals surface area contributed by atoms with Crippen LogP contribution in [0.25, 0.3) is 0 Å². The quantitative estimate of drug-likeness (QED) is 0.456. The number of carbonyl (C=O) groups excluding carboxylic acids is 2. The lowest BCUT2D eigenvalue weighted by atomic mass is 10.1. The predicted molar refractivity (Wildman–Crippen MR) is 66.3 cm³/mol. The molecule has 1 rings (SSSR count). The Bertz CT molecular complexity index is 515. The third kappa shape index (κ3) is 4.03. The molecular weight excluding hydrogens is 254 g/mol. The maximum absolute atomic E-state index is 11.3. The molecule has 0 saturated heterocycles. The van der Waals surface area contributed by atoms with Gasteiger partial charge in [-0.1, -0.05) is 12.1 Å². The lowest BCUT2D eigenvalue weighted by Gasteiger charge is -2.10. The lowest BCUT2D eigenvalue weighted by Crippen LogP contribution is -2.23. The van der Waals surface area contributed by atoms with Crippen LogP contribution in [0.1, 0.15) is 12.5 Å². The smallest absolute Gasteiger partial charge is 0.302 e. The summed E-state index contributed by atoms with van der Waals surface area (Å²) in [4.78, 5) is 32.3. The zero-order chi connectivity index (χ0) is 14.4. The number of hydrogen-bond donors (Lipinski definition) is 2. The van der Waals surface area contributed by atoms with Gasteiger partial charge in [-0.3, -0.25) is 19.7 Å². The minimum Gasteiger partial charge on any atom is -0.461 e. The second kappa shape index (κ2) is 6.45. The first-order chi connectivity index (χ1) is 8.95. The number of nitro benzene ring substituents is 1. The molecule has 0 saturated carbocycles. The Balaban J connectivity index is 3.13. The fourth-order valence-corrected chi connectivity index (χ4v) is 1.37. The molecular formula is C11H13N3O5. The number of carbonyl (C=O) groups is 2. The number of nitrogens with zero attached hydrogens (tertiary/aromatic N) is 1. The normalized spacial score (nSPS) is 9.79. The van der Waals surface area contributed by atoms with Gasteiger partial charge < -0.3 is 15.8 Å². The summed E-state index contributed by atoms with van der Waals surface area (Å²) in [5.41, 5.74) is 5.18. The zero-order valence-corrected chi connectivity index (χ0v) is 10.2. The largest absolute Gasteiger partial charge is 0.461 e. The van der Waals surface area contributed by atoms with E-state index in [1.807, 2.05) is 0 Å². The maximum atomic E-state index is 11.3. The summed E-state index contributed by atoms with van der Waals surface area (Å²) in [6.07, 6.45) is 0. The molecule has 0 unspecified atom stereocenters. The molecule has 8 nitrogen and oxygen atoms in total. The summed E-state index contributed by atoms with van der Waals surface area (Å²) in [6, 6.07) is 4.19. The van der Waals surface area contributed by atoms with Crippen molar-refractivity contribution in [1.29, 1.82) is 0 Å². The number of nitro groups is 1. The third-order valence-corrected chi connectivity index (χ3v) is 2.21. The highest BCUT2D eigenvalue weighted by Crippen LogP contribution is 2.28. The van der Waals surface area contributed by atoms with Gasteiger partial charge in [0, 0.05) is 18.6 Å². The van der Waals surface area contributed by atoms with Gasteiger partial charge in [0.2, 0.25) is 5.91 Å². The van der Waals surface area contributed by atoms with Crippen LogP contribution in [-0.4, -0.2) is 23.3 Å². The van der Waals surface area contributed by atoms with Crippen LogP contribution < -0.4 is 11.1 Å². The van der Waals surface area contributed by atoms with Crippen LogP contribution in [0, 0.1) is 10.1 Å². The van der Waals surface area contributed by atoms with E-state index < -0.39 is 16.8 Å². The van der Waals surface area contributed by atoms with Crippen molar-refractivity contribution in [2.75, 3.05) is 11.9 Å². The van der Waals surface area contributed by atoms with Gasteiger partial charge in [-0.15, -0.1) is 0 Å². The SMILES string of the molecule is CC(=O)OCc1cccc([N+](=O)[O-])c1NC(=O)CN. The lowest BCUT2D eigenvalue weighted by molar-refractivity contribution is -0.384. The van der Waals surface area contributed by atoms with Crippen molar-refractivity contribution in [1.82, 2.24) is 0 Å². The van der Waals surface area contributed by atoms with E-state index in [4.69, 9.17) is 10.5 Å². The standard InChI is InChI=1S/C11H13N3O5/c1-7(15)19-6-8-3-2-4-9(14(17)18)11(8)13-10(16)5-12/h2-4H,5-6,12H2,1H3,(H,13,16). The summed E-state index contributed by atoms with van der Waals surface area (Å²) >= 11 is 0. The molecule has 0 fully saturated rings. The molecule has 0 spiro atoms. The number of nitrogens with one attached hydrogen (secondary N) is 1. The highest BCUT2D eigenvalue weighted by Gasteiger charge is 2.19. The zero-order valence-electron chi connectivity index (χ0n) is 10.2. The minimum absolute atomic E-state index is 0.01000. The van der Waals surface area contributed by atoms with Crippen molar-refractivity contribution in [3.05, 3.63) is 33.9 Å². The molecule has 3 N–H and O–H groups in total. The monoisotopic (exact) mass is 267 g/mol. The van der Waals surface area contributed by atoms with Gasteiger partial charge >= 0.3 is 5.97 Å². The maximum Gasteiger partial charge on any atom is 0.302 e. The third-order valence-electron chi connectivity index (χ3n) is 2.21. The Hall–Kier alpha value is -2.48. The second-order valence-electron chi connectivity index (χ2n) is 3.60. The van der Waals surface area contributed by atoms with E-state index in [0.29, 0.717) is 5.56 Å². The van der Waals surface area contributed by atoms with Gasteiger partial charge in [0.15, 0.2) is 0 Å². The van der Waals surface area contributed by atoms with Crippen molar-refractivity contribution in [2.45, 2.75) is 13.5 Å². The van der Waals surface area contributed by atoms with Crippen molar-refractivity contribution >= 4 is 23.3 Å². The van der Waals surface area contributed by atoms with Gasteiger partial charge in [-0.05, 0) is 0 Å². The number of para-hydroxylation sites is 1. The Morgan fingerprint density at radius 1 is 1.47 bits per heavy atom. The number of benzene rings is 1. The molecule has 0 radical (unpaired) electrons. The molecule has 1 aromatic rings. The first kappa shape index (κ1) is 14.6. The van der Waals surface area contributed by atoms with E-state index in [9.17, 15) is 19.7 Å². The second-order valence-corrected chi connectivity index (χ2v) is 3.60. The highest BCUT2D eigenvalue weighted by atomic mass is 16.6. The van der Waals surface area contributed by atoms with Crippen LogP contribution in [-0.2, 0) is 20.9 Å². The van der Waals surface area contributed by atoms with E-state index in [2.05, 4.69) is 5.32 Å². The summed E-state index contributed by atoms with van der Waals surface area (Å²) in [7, 11) is 0. The fourth-order valence-electron chi connectivity index (χ4n) is 1.37. The summed E-state index contributed by atoms with van der Waals surface area (Å²) in [5.74, 6) is -1.10. The number of hydrogen-bond acceptors (Lipinski definition) is 6. The molecule has 0 atom stereocenters. The number of ether oxygens (including phenoxy) is 1. The van der Waals surface area contributed by atoms with Crippen LogP contribution in [0.5, 0.6) is 0 Å². The van der Waals surface area contributed by atoms with Crippen molar-refractivity contribution in [3.63, 3.8) is 0 Å². The molecule has 102 valence electrons. The molecule has 0 bridgehead atoms. The van der Waals surface area contributed by atoms with Crippen molar-refractivity contribution in [3.8, 4) is 0 Å². The van der Waals surface area contributed by atoms with E-state index in [-0.39, 0.29) is 24.5 Å². The molecule has 8 heteroatoms. The van der Waals surface area contributed by atoms with Gasteiger partial charge in [0.1, 0.15) is 12.3 Å². The van der Waals surface area contributed by atoms with Gasteiger partial charge in [0.05, 0.1) is 11.5 Å². The average molecular weight is 267 g/mol. The Morgan fingerprint density at radius 2 is 2.16 bits per heavy atom. The van der Waals surface area contributed by atoms with E-state index in [1.54, 1.807) is 0 Å². The first-order valence-electron chi connectivity index (χ1n) is 5.35. The van der Waals surface area contributed by atoms with E-state index in [0.717, 1.165) is 0 Å². The molecule has 0 aliphatic carbocycles. The van der Waals surface area contributed by atoms with Crippen molar-refractivity contribution in [2.24, 2.45) is 5.73 Å². The number of anilines is 1. The number of amides is 1. The Morgan fingerprint density at radius 3 is 2.68 bits per heavy atom. The van der Waals surface area contributed by atoms with E-state index in [1.165, 1.54) is 25.1 Å². The molecule has 0 aromatic heterocycles. The predicted octanol–water partition coefficient (Wildman–Crippen LogP) is 0.555. The fraction of sp³-hybridized carbons (Fsp3) is 0.273. The van der Waals surface area contributed by atoms with Gasteiger partial charge in [-0.2, -0.15) is 0 Å². The van der Waals surface area contributed by atoms with Crippen LogP contribution in [0.15, 0.2) is 18.2 Å².